The van der Waals surface area contributed by atoms with Crippen molar-refractivity contribution in [1.29, 1.82) is 0 Å². The van der Waals surface area contributed by atoms with Crippen LogP contribution in [0.3, 0.4) is 0 Å². The highest BCUT2D eigenvalue weighted by Gasteiger charge is 2.50. The maximum atomic E-state index is 13.2. The Morgan fingerprint density at radius 1 is 1.33 bits per heavy atom. The first-order valence-electron chi connectivity index (χ1n) is 5.55. The van der Waals surface area contributed by atoms with Gasteiger partial charge in [0.2, 0.25) is 0 Å². The lowest BCUT2D eigenvalue weighted by Gasteiger charge is -2.27. The van der Waals surface area contributed by atoms with E-state index in [9.17, 15) is 18.4 Å². The lowest BCUT2D eigenvalue weighted by molar-refractivity contribution is -0.153. The van der Waals surface area contributed by atoms with E-state index in [1.54, 1.807) is 20.8 Å². The summed E-state index contributed by atoms with van der Waals surface area (Å²) in [6, 6.07) is 0. The molecule has 0 radical (unpaired) electrons. The van der Waals surface area contributed by atoms with Gasteiger partial charge in [-0.1, -0.05) is 0 Å². The molecule has 0 aromatic heterocycles. The van der Waals surface area contributed by atoms with Gasteiger partial charge in [-0.2, -0.15) is 0 Å². The second kappa shape index (κ2) is 4.70. The molecule has 0 aromatic carbocycles. The number of esters is 1. The fourth-order valence-corrected chi connectivity index (χ4v) is 1.58. The summed E-state index contributed by atoms with van der Waals surface area (Å²) >= 11 is 0. The molecule has 5 nitrogen and oxygen atoms in total. The minimum atomic E-state index is -3.07. The third-order valence-electron chi connectivity index (χ3n) is 2.15. The van der Waals surface area contributed by atoms with Crippen LogP contribution in [-0.2, 0) is 14.3 Å². The first-order valence-corrected chi connectivity index (χ1v) is 5.55. The van der Waals surface area contributed by atoms with Crippen molar-refractivity contribution in [2.45, 2.75) is 51.9 Å². The first-order chi connectivity index (χ1) is 8.00. The van der Waals surface area contributed by atoms with Gasteiger partial charge in [-0.25, -0.2) is 13.6 Å². The van der Waals surface area contributed by atoms with Crippen LogP contribution in [0.5, 0.6) is 0 Å². The number of amides is 1. The summed E-state index contributed by atoms with van der Waals surface area (Å²) in [5, 5.41) is 0. The smallest absolute Gasteiger partial charge is 0.413 e. The molecule has 7 heteroatoms. The molecule has 1 fully saturated rings. The van der Waals surface area contributed by atoms with Crippen molar-refractivity contribution in [2.75, 3.05) is 6.54 Å². The minimum Gasteiger partial charge on any atom is -0.444 e. The number of hydrogen-bond acceptors (Lipinski definition) is 4. The number of ether oxygens (including phenoxy) is 2. The van der Waals surface area contributed by atoms with E-state index < -0.39 is 42.8 Å². The van der Waals surface area contributed by atoms with Crippen LogP contribution in [0.2, 0.25) is 0 Å². The Balaban J connectivity index is 2.77. The Morgan fingerprint density at radius 2 is 1.89 bits per heavy atom. The van der Waals surface area contributed by atoms with Crippen LogP contribution in [0, 0.1) is 0 Å². The zero-order valence-electron chi connectivity index (χ0n) is 10.8. The Bertz CT molecular complexity index is 351. The van der Waals surface area contributed by atoms with Crippen molar-refractivity contribution in [3.8, 4) is 0 Å². The Labute approximate surface area is 104 Å². The lowest BCUT2D eigenvalue weighted by atomic mass is 10.2. The number of alkyl halides is 2. The van der Waals surface area contributed by atoms with Gasteiger partial charge in [-0.05, 0) is 20.8 Å². The first kappa shape index (κ1) is 14.7. The van der Waals surface area contributed by atoms with Gasteiger partial charge in [0, 0.05) is 6.92 Å². The average molecular weight is 265 g/mol. The summed E-state index contributed by atoms with van der Waals surface area (Å²) in [5.74, 6) is -3.79. The molecule has 0 N–H and O–H groups in total. The predicted octanol–water partition coefficient (Wildman–Crippen LogP) is 2.15. The van der Waals surface area contributed by atoms with Crippen LogP contribution < -0.4 is 0 Å². The maximum absolute atomic E-state index is 13.2. The molecule has 1 saturated heterocycles. The van der Waals surface area contributed by atoms with E-state index in [2.05, 4.69) is 0 Å². The molecule has 1 aliphatic rings. The fourth-order valence-electron chi connectivity index (χ4n) is 1.58. The quantitative estimate of drug-likeness (QED) is 0.682. The molecule has 1 rings (SSSR count). The van der Waals surface area contributed by atoms with Gasteiger partial charge in [-0.15, -0.1) is 0 Å². The van der Waals surface area contributed by atoms with Gasteiger partial charge < -0.3 is 9.47 Å². The predicted molar refractivity (Wildman–Crippen MR) is 58.1 cm³/mol. The third-order valence-corrected chi connectivity index (χ3v) is 2.15. The molecule has 0 aromatic rings. The molecule has 0 bridgehead atoms. The highest BCUT2D eigenvalue weighted by Crippen LogP contribution is 2.33. The maximum Gasteiger partial charge on any atom is 0.413 e. The largest absolute Gasteiger partial charge is 0.444 e. The number of likely N-dealkylation sites (tertiary alicyclic amines) is 1. The van der Waals surface area contributed by atoms with E-state index in [1.807, 2.05) is 0 Å². The van der Waals surface area contributed by atoms with E-state index in [4.69, 9.17) is 9.47 Å². The van der Waals surface area contributed by atoms with E-state index in [0.29, 0.717) is 0 Å². The topological polar surface area (TPSA) is 55.8 Å². The molecule has 1 aliphatic heterocycles. The van der Waals surface area contributed by atoms with Crippen LogP contribution >= 0.6 is 0 Å². The van der Waals surface area contributed by atoms with E-state index in [0.717, 1.165) is 11.8 Å². The van der Waals surface area contributed by atoms with Crippen LogP contribution in [0.4, 0.5) is 13.6 Å². The zero-order valence-corrected chi connectivity index (χ0v) is 10.8. The van der Waals surface area contributed by atoms with Gasteiger partial charge in [-0.3, -0.25) is 9.69 Å². The van der Waals surface area contributed by atoms with E-state index in [-0.39, 0.29) is 0 Å². The van der Waals surface area contributed by atoms with Crippen molar-refractivity contribution in [1.82, 2.24) is 4.90 Å². The number of nitrogens with zero attached hydrogens (tertiary/aromatic N) is 1. The second-order valence-corrected chi connectivity index (χ2v) is 5.23. The highest BCUT2D eigenvalue weighted by atomic mass is 19.3. The summed E-state index contributed by atoms with van der Waals surface area (Å²) in [7, 11) is 0. The Morgan fingerprint density at radius 3 is 2.33 bits per heavy atom. The number of carbonyl (C=O) groups is 2. The normalized spacial score (nSPS) is 22.8. The molecule has 0 aliphatic carbocycles. The molecule has 1 amide bonds. The van der Waals surface area contributed by atoms with Gasteiger partial charge in [0.15, 0.2) is 6.23 Å². The Kier molecular flexibility index (Phi) is 3.83. The van der Waals surface area contributed by atoms with Crippen molar-refractivity contribution in [2.24, 2.45) is 0 Å². The average Bonchev–Trinajstić information content (AvgIpc) is 2.36. The number of halogens is 2. The summed E-state index contributed by atoms with van der Waals surface area (Å²) in [6.07, 6.45) is -2.88. The zero-order chi connectivity index (χ0) is 14.1. The third kappa shape index (κ3) is 4.12. The van der Waals surface area contributed by atoms with Gasteiger partial charge in [0.05, 0.1) is 13.0 Å². The van der Waals surface area contributed by atoms with E-state index >= 15 is 0 Å². The Hall–Kier alpha value is -1.40. The molecular formula is C11H17F2NO4. The summed E-state index contributed by atoms with van der Waals surface area (Å²) in [5.41, 5.74) is -0.796. The van der Waals surface area contributed by atoms with Crippen LogP contribution in [-0.4, -0.2) is 41.3 Å². The van der Waals surface area contributed by atoms with Gasteiger partial charge >= 0.3 is 12.1 Å². The van der Waals surface area contributed by atoms with Gasteiger partial charge in [0.1, 0.15) is 5.60 Å². The van der Waals surface area contributed by atoms with Crippen molar-refractivity contribution >= 4 is 12.1 Å². The van der Waals surface area contributed by atoms with Crippen molar-refractivity contribution in [3.05, 3.63) is 0 Å². The van der Waals surface area contributed by atoms with Crippen LogP contribution in [0.1, 0.15) is 34.1 Å². The van der Waals surface area contributed by atoms with Gasteiger partial charge in [0.25, 0.3) is 5.92 Å². The van der Waals surface area contributed by atoms with Crippen molar-refractivity contribution in [3.63, 3.8) is 0 Å². The number of rotatable bonds is 1. The summed E-state index contributed by atoms with van der Waals surface area (Å²) < 4.78 is 36.2. The SMILES string of the molecule is CC(=O)O[C@H]1CC(F)(F)CN1C(=O)OC(C)(C)C. The highest BCUT2D eigenvalue weighted by molar-refractivity contribution is 5.70. The van der Waals surface area contributed by atoms with Crippen LogP contribution in [0.15, 0.2) is 0 Å². The summed E-state index contributed by atoms with van der Waals surface area (Å²) in [4.78, 5) is 23.3. The minimum absolute atomic E-state index is 0.703. The lowest BCUT2D eigenvalue weighted by Crippen LogP contribution is -2.42. The van der Waals surface area contributed by atoms with E-state index in [1.165, 1.54) is 0 Å². The fraction of sp³-hybridized carbons (Fsp3) is 0.818. The molecule has 18 heavy (non-hydrogen) atoms. The van der Waals surface area contributed by atoms with Crippen molar-refractivity contribution < 1.29 is 27.8 Å². The standard InChI is InChI=1S/C11H17F2NO4/c1-7(15)17-8-5-11(12,13)6-14(8)9(16)18-10(2,3)4/h8H,5-6H2,1-4H3/t8-/m0/s1. The number of hydrogen-bond donors (Lipinski definition) is 0. The second-order valence-electron chi connectivity index (χ2n) is 5.23. The molecule has 0 saturated carbocycles. The molecule has 104 valence electrons. The van der Waals surface area contributed by atoms with Crippen LogP contribution in [0.25, 0.3) is 0 Å². The molecule has 1 heterocycles. The molecule has 0 unspecified atom stereocenters. The molecule has 0 spiro atoms. The summed E-state index contributed by atoms with van der Waals surface area (Å²) in [6.45, 7) is 5.17. The molecular weight excluding hydrogens is 248 g/mol. The number of carbonyl (C=O) groups excluding carboxylic acids is 2. The molecule has 1 atom stereocenters. The monoisotopic (exact) mass is 265 g/mol.